The molecule has 0 bridgehead atoms. The zero-order valence-corrected chi connectivity index (χ0v) is 11.8. The lowest BCUT2D eigenvalue weighted by molar-refractivity contribution is -0.111. The van der Waals surface area contributed by atoms with Crippen LogP contribution in [-0.4, -0.2) is 20.9 Å². The molecule has 1 rings (SSSR count). The summed E-state index contributed by atoms with van der Waals surface area (Å²) in [4.78, 5) is 11.3. The Morgan fingerprint density at radius 1 is 1.37 bits per heavy atom. The average molecular weight is 282 g/mol. The smallest absolute Gasteiger partial charge is 0.247 e. The molecule has 0 saturated heterocycles. The van der Waals surface area contributed by atoms with E-state index >= 15 is 0 Å². The van der Waals surface area contributed by atoms with Gasteiger partial charge in [0.2, 0.25) is 15.9 Å². The number of hydrogen-bond donors (Lipinski definition) is 2. The van der Waals surface area contributed by atoms with Gasteiger partial charge in [-0.2, -0.15) is 0 Å². The predicted octanol–water partition coefficient (Wildman–Crippen LogP) is 1.75. The van der Waals surface area contributed by atoms with Gasteiger partial charge >= 0.3 is 0 Å². The Labute approximate surface area is 113 Å². The number of nitrogens with one attached hydrogen (secondary N) is 2. The number of para-hydroxylation sites is 1. The SMILES string of the molecule is C=CC(=O)Nc1ccccc1S(=O)(=O)NCC(C)C. The third-order valence-corrected chi connectivity index (χ3v) is 3.78. The second kappa shape index (κ2) is 6.49. The Hall–Kier alpha value is -1.66. The second-order valence-electron chi connectivity index (χ2n) is 4.44. The Bertz CT molecular complexity index is 565. The number of amides is 1. The van der Waals surface area contributed by atoms with Crippen LogP contribution < -0.4 is 10.0 Å². The van der Waals surface area contributed by atoms with Gasteiger partial charge in [-0.25, -0.2) is 13.1 Å². The zero-order chi connectivity index (χ0) is 14.5. The van der Waals surface area contributed by atoms with E-state index in [0.29, 0.717) is 6.54 Å². The van der Waals surface area contributed by atoms with Crippen LogP contribution in [0.4, 0.5) is 5.69 Å². The highest BCUT2D eigenvalue weighted by atomic mass is 32.2. The van der Waals surface area contributed by atoms with Crippen molar-refractivity contribution in [1.29, 1.82) is 0 Å². The van der Waals surface area contributed by atoms with Gasteiger partial charge in [0.05, 0.1) is 5.69 Å². The van der Waals surface area contributed by atoms with Crippen LogP contribution in [0.15, 0.2) is 41.8 Å². The summed E-state index contributed by atoms with van der Waals surface area (Å²) in [5.41, 5.74) is 0.239. The lowest BCUT2D eigenvalue weighted by Crippen LogP contribution is -2.28. The van der Waals surface area contributed by atoms with E-state index in [4.69, 9.17) is 0 Å². The molecule has 6 heteroatoms. The van der Waals surface area contributed by atoms with Crippen LogP contribution in [0.1, 0.15) is 13.8 Å². The van der Waals surface area contributed by atoms with Crippen molar-refractivity contribution in [2.45, 2.75) is 18.7 Å². The van der Waals surface area contributed by atoms with Crippen LogP contribution in [0.3, 0.4) is 0 Å². The van der Waals surface area contributed by atoms with Crippen LogP contribution in [0.25, 0.3) is 0 Å². The van der Waals surface area contributed by atoms with Crippen molar-refractivity contribution < 1.29 is 13.2 Å². The first-order valence-corrected chi connectivity index (χ1v) is 7.37. The zero-order valence-electron chi connectivity index (χ0n) is 11.0. The first-order valence-electron chi connectivity index (χ1n) is 5.89. The number of benzene rings is 1. The molecule has 0 aliphatic rings. The standard InChI is InChI=1S/C13H18N2O3S/c1-4-13(16)15-11-7-5-6-8-12(11)19(17,18)14-9-10(2)3/h4-8,10,14H,1,9H2,2-3H3,(H,15,16). The van der Waals surface area contributed by atoms with Crippen molar-refractivity contribution in [2.75, 3.05) is 11.9 Å². The number of carbonyl (C=O) groups excluding carboxylic acids is 1. The van der Waals surface area contributed by atoms with Crippen LogP contribution >= 0.6 is 0 Å². The van der Waals surface area contributed by atoms with E-state index in [1.807, 2.05) is 13.8 Å². The third-order valence-electron chi connectivity index (χ3n) is 2.30. The van der Waals surface area contributed by atoms with Crippen molar-refractivity contribution >= 4 is 21.6 Å². The van der Waals surface area contributed by atoms with E-state index in [0.717, 1.165) is 6.08 Å². The topological polar surface area (TPSA) is 75.3 Å². The summed E-state index contributed by atoms with van der Waals surface area (Å²) in [5, 5.41) is 2.48. The summed E-state index contributed by atoms with van der Waals surface area (Å²) in [7, 11) is -3.64. The number of hydrogen-bond acceptors (Lipinski definition) is 3. The van der Waals surface area contributed by atoms with Crippen LogP contribution in [0, 0.1) is 5.92 Å². The van der Waals surface area contributed by atoms with Gasteiger partial charge in [-0.1, -0.05) is 32.6 Å². The molecule has 0 spiro atoms. The summed E-state index contributed by atoms with van der Waals surface area (Å²) in [6.45, 7) is 7.49. The highest BCUT2D eigenvalue weighted by Gasteiger charge is 2.18. The normalized spacial score (nSPS) is 11.3. The summed E-state index contributed by atoms with van der Waals surface area (Å²) in [6.07, 6.45) is 1.09. The molecule has 0 heterocycles. The second-order valence-corrected chi connectivity index (χ2v) is 6.17. The van der Waals surface area contributed by atoms with E-state index in [9.17, 15) is 13.2 Å². The summed E-state index contributed by atoms with van der Waals surface area (Å²) < 4.78 is 26.8. The molecule has 104 valence electrons. The molecular weight excluding hydrogens is 264 g/mol. The van der Waals surface area contributed by atoms with Gasteiger partial charge in [0.25, 0.3) is 0 Å². The van der Waals surface area contributed by atoms with Gasteiger partial charge < -0.3 is 5.32 Å². The van der Waals surface area contributed by atoms with Gasteiger partial charge in [0, 0.05) is 6.54 Å². The molecule has 1 amide bonds. The first-order chi connectivity index (χ1) is 8.86. The van der Waals surface area contributed by atoms with Gasteiger partial charge in [-0.05, 0) is 24.1 Å². The molecule has 0 fully saturated rings. The first kappa shape index (κ1) is 15.4. The molecular formula is C13H18N2O3S. The van der Waals surface area contributed by atoms with Crippen molar-refractivity contribution in [3.05, 3.63) is 36.9 Å². The highest BCUT2D eigenvalue weighted by molar-refractivity contribution is 7.89. The lowest BCUT2D eigenvalue weighted by Gasteiger charge is -2.12. The Morgan fingerprint density at radius 3 is 2.58 bits per heavy atom. The fourth-order valence-electron chi connectivity index (χ4n) is 1.34. The molecule has 1 aromatic rings. The summed E-state index contributed by atoms with van der Waals surface area (Å²) in [5.74, 6) is -0.254. The Kier molecular flexibility index (Phi) is 5.26. The lowest BCUT2D eigenvalue weighted by atomic mass is 10.2. The molecule has 0 atom stereocenters. The van der Waals surface area contributed by atoms with Crippen LogP contribution in [-0.2, 0) is 14.8 Å². The van der Waals surface area contributed by atoms with Gasteiger partial charge in [0.15, 0.2) is 0 Å². The summed E-state index contributed by atoms with van der Waals surface area (Å²) >= 11 is 0. The highest BCUT2D eigenvalue weighted by Crippen LogP contribution is 2.20. The van der Waals surface area contributed by atoms with Gasteiger partial charge in [-0.15, -0.1) is 0 Å². The van der Waals surface area contributed by atoms with Crippen LogP contribution in [0.5, 0.6) is 0 Å². The van der Waals surface area contributed by atoms with E-state index in [2.05, 4.69) is 16.6 Å². The molecule has 0 aromatic heterocycles. The molecule has 0 aliphatic carbocycles. The summed E-state index contributed by atoms with van der Waals surface area (Å²) in [6, 6.07) is 6.24. The largest absolute Gasteiger partial charge is 0.321 e. The number of anilines is 1. The fraction of sp³-hybridized carbons (Fsp3) is 0.308. The monoisotopic (exact) mass is 282 g/mol. The van der Waals surface area contributed by atoms with Crippen molar-refractivity contribution in [1.82, 2.24) is 4.72 Å². The predicted molar refractivity (Wildman–Crippen MR) is 75.3 cm³/mol. The molecule has 0 saturated carbocycles. The van der Waals surface area contributed by atoms with Gasteiger partial charge in [0.1, 0.15) is 4.90 Å². The Balaban J connectivity index is 3.05. The third kappa shape index (κ3) is 4.50. The number of rotatable bonds is 6. The minimum atomic E-state index is -3.64. The van der Waals surface area contributed by atoms with E-state index in [1.54, 1.807) is 12.1 Å². The average Bonchev–Trinajstić information content (AvgIpc) is 2.37. The quantitative estimate of drug-likeness (QED) is 0.780. The van der Waals surface area contributed by atoms with Gasteiger partial charge in [-0.3, -0.25) is 4.79 Å². The van der Waals surface area contributed by atoms with E-state index < -0.39 is 15.9 Å². The maximum absolute atomic E-state index is 12.1. The number of carbonyl (C=O) groups is 1. The van der Waals surface area contributed by atoms with Crippen LogP contribution in [0.2, 0.25) is 0 Å². The molecule has 1 aromatic carbocycles. The minimum absolute atomic E-state index is 0.0471. The maximum atomic E-state index is 12.1. The molecule has 0 radical (unpaired) electrons. The number of sulfonamides is 1. The minimum Gasteiger partial charge on any atom is -0.321 e. The maximum Gasteiger partial charge on any atom is 0.247 e. The fourth-order valence-corrected chi connectivity index (χ4v) is 2.72. The molecule has 0 aliphatic heterocycles. The van der Waals surface area contributed by atoms with Crippen molar-refractivity contribution in [2.24, 2.45) is 5.92 Å². The molecule has 5 nitrogen and oxygen atoms in total. The van der Waals surface area contributed by atoms with Crippen molar-refractivity contribution in [3.8, 4) is 0 Å². The molecule has 2 N–H and O–H groups in total. The van der Waals surface area contributed by atoms with E-state index in [1.165, 1.54) is 12.1 Å². The van der Waals surface area contributed by atoms with E-state index in [-0.39, 0.29) is 16.5 Å². The Morgan fingerprint density at radius 2 is 2.00 bits per heavy atom. The molecule has 0 unspecified atom stereocenters. The van der Waals surface area contributed by atoms with Crippen molar-refractivity contribution in [3.63, 3.8) is 0 Å². The molecule has 19 heavy (non-hydrogen) atoms.